The van der Waals surface area contributed by atoms with Crippen LogP contribution in [0.15, 0.2) is 48.7 Å². The van der Waals surface area contributed by atoms with E-state index in [0.717, 1.165) is 10.5 Å². The van der Waals surface area contributed by atoms with E-state index in [1.54, 1.807) is 36.6 Å². The first kappa shape index (κ1) is 29.2. The molecule has 1 aromatic carbocycles. The molecule has 12 heteroatoms. The van der Waals surface area contributed by atoms with Gasteiger partial charge >= 0.3 is 6.09 Å². The topological polar surface area (TPSA) is 167 Å². The number of fused-ring (bicyclic) bond motifs is 1. The fourth-order valence-electron chi connectivity index (χ4n) is 3.22. The fraction of sp³-hybridized carbons (Fsp3) is 0.400. The van der Waals surface area contributed by atoms with Crippen LogP contribution in [-0.2, 0) is 32.3 Å². The Labute approximate surface area is 215 Å². The van der Waals surface area contributed by atoms with Crippen LogP contribution in [0.1, 0.15) is 44.3 Å². The van der Waals surface area contributed by atoms with Crippen molar-refractivity contribution in [2.45, 2.75) is 46.1 Å². The number of carbonyl (C=O) groups is 3. The molecule has 1 atom stereocenters. The maximum absolute atomic E-state index is 12.7. The van der Waals surface area contributed by atoms with E-state index in [2.05, 4.69) is 15.5 Å². The molecule has 0 aliphatic carbocycles. The molecule has 3 aromatic rings. The van der Waals surface area contributed by atoms with Crippen molar-refractivity contribution < 1.29 is 23.9 Å². The highest BCUT2D eigenvalue weighted by Gasteiger charge is 2.28. The number of nitrogens with two attached hydrogens (primary N) is 2. The minimum Gasteiger partial charge on any atom is -0.444 e. The first-order valence-electron chi connectivity index (χ1n) is 11.3. The van der Waals surface area contributed by atoms with Gasteiger partial charge in [0.1, 0.15) is 19.2 Å². The second-order valence-corrected chi connectivity index (χ2v) is 8.95. The number of nitrogens with one attached hydrogen (secondary N) is 1. The summed E-state index contributed by atoms with van der Waals surface area (Å²) in [6.45, 7) is 3.36. The monoisotopic (exact) mass is 513 g/mol. The average molecular weight is 514 g/mol. The number of aromatic nitrogens is 3. The number of carbonyl (C=O) groups excluding carboxylic acids is 3. The number of benzene rings is 1. The van der Waals surface area contributed by atoms with Gasteiger partial charge in [-0.25, -0.2) is 4.79 Å². The van der Waals surface area contributed by atoms with Crippen molar-refractivity contribution in [1.82, 2.24) is 24.8 Å². The van der Waals surface area contributed by atoms with E-state index < -0.39 is 23.6 Å². The van der Waals surface area contributed by atoms with Crippen molar-refractivity contribution in [1.29, 1.82) is 0 Å². The third kappa shape index (κ3) is 8.26. The van der Waals surface area contributed by atoms with Crippen molar-refractivity contribution in [3.63, 3.8) is 0 Å². The molecule has 0 aliphatic rings. The smallest absolute Gasteiger partial charge is 0.410 e. The molecule has 12 nitrogen and oxygen atoms in total. The molecule has 5 N–H and O–H groups in total. The Balaban J connectivity index is 0.00000481. The lowest BCUT2D eigenvalue weighted by atomic mass is 10.1. The summed E-state index contributed by atoms with van der Waals surface area (Å²) < 4.78 is 12.8. The van der Waals surface area contributed by atoms with Crippen molar-refractivity contribution in [2.24, 2.45) is 11.5 Å². The Kier molecular flexibility index (Phi) is 10.1. The summed E-state index contributed by atoms with van der Waals surface area (Å²) in [6, 6.07) is 12.4. The summed E-state index contributed by atoms with van der Waals surface area (Å²) in [5.41, 5.74) is 12.1. The number of ether oxygens (including phenoxy) is 2. The number of amides is 3. The minimum absolute atomic E-state index is 0. The van der Waals surface area contributed by atoms with E-state index in [1.807, 2.05) is 30.3 Å². The van der Waals surface area contributed by atoms with Gasteiger partial charge in [0.25, 0.3) is 0 Å². The normalized spacial score (nSPS) is 11.9. The summed E-state index contributed by atoms with van der Waals surface area (Å²) >= 11 is 0. The second-order valence-electron chi connectivity index (χ2n) is 8.95. The molecule has 0 saturated heterocycles. The Morgan fingerprint density at radius 2 is 1.78 bits per heavy atom. The zero-order valence-electron chi connectivity index (χ0n) is 20.5. The van der Waals surface area contributed by atoms with E-state index in [0.29, 0.717) is 23.6 Å². The predicted octanol–water partition coefficient (Wildman–Crippen LogP) is 1.53. The van der Waals surface area contributed by atoms with Gasteiger partial charge in [-0.3, -0.25) is 14.0 Å². The Morgan fingerprint density at radius 3 is 2.43 bits per heavy atom. The maximum Gasteiger partial charge on any atom is 0.410 e. The molecule has 2 aromatic heterocycles. The van der Waals surface area contributed by atoms with Crippen LogP contribution in [0, 0.1) is 0 Å². The quantitative estimate of drug-likeness (QED) is 0.347. The van der Waals surface area contributed by atoms with Crippen molar-refractivity contribution in [3.05, 3.63) is 65.6 Å². The highest BCUT2D eigenvalue weighted by molar-refractivity contribution is 5.85. The molecule has 3 amide bonds. The Bertz CT molecular complexity index is 1210. The zero-order chi connectivity index (χ0) is 26.3. The van der Waals surface area contributed by atoms with Crippen molar-refractivity contribution >= 4 is 23.6 Å². The van der Waals surface area contributed by atoms with Gasteiger partial charge in [0, 0.05) is 18.8 Å². The summed E-state index contributed by atoms with van der Waals surface area (Å²) in [6.07, 6.45) is 1.01. The molecule has 0 saturated carbocycles. The number of nitrogens with zero attached hydrogens (tertiary/aromatic N) is 4. The number of primary amides is 1. The maximum atomic E-state index is 12.7. The molecule has 2 heterocycles. The largest absolute Gasteiger partial charge is 0.444 e. The molecule has 0 fully saturated rings. The predicted molar refractivity (Wildman–Crippen MR) is 137 cm³/mol. The van der Waals surface area contributed by atoms with Crippen LogP contribution in [-0.4, -0.2) is 63.1 Å². The van der Waals surface area contributed by atoms with Crippen LogP contribution in [0.25, 0.3) is 5.65 Å². The third-order valence-corrected chi connectivity index (χ3v) is 5.16. The standard InChI is InChI=1S/C24H31N7O5.CH4/c1-24(2,26)22(33)27-18(15-35-13-16-7-5-4-6-8-16)21-29-28-20-10-9-17(11-31(20)21)14-36-23(34)30(3)12-19(25)32;/h4-11,18H,12-15,26H2,1-3H3,(H2,25,32)(H,27,33);1H4/t18-;/m1./s1. The molecule has 200 valence electrons. The first-order valence-corrected chi connectivity index (χ1v) is 11.3. The lowest BCUT2D eigenvalue weighted by Crippen LogP contribution is -2.50. The Morgan fingerprint density at radius 1 is 1.08 bits per heavy atom. The van der Waals surface area contributed by atoms with Gasteiger partial charge in [-0.2, -0.15) is 0 Å². The van der Waals surface area contributed by atoms with Gasteiger partial charge in [0.15, 0.2) is 11.5 Å². The average Bonchev–Trinajstić information content (AvgIpc) is 3.24. The van der Waals surface area contributed by atoms with Gasteiger partial charge in [0.05, 0.1) is 18.8 Å². The van der Waals surface area contributed by atoms with Gasteiger partial charge in [0.2, 0.25) is 11.8 Å². The number of pyridine rings is 1. The Hall–Kier alpha value is -4.03. The second kappa shape index (κ2) is 12.8. The van der Waals surface area contributed by atoms with Crippen molar-refractivity contribution in [3.8, 4) is 0 Å². The lowest BCUT2D eigenvalue weighted by Gasteiger charge is -2.23. The highest BCUT2D eigenvalue weighted by atomic mass is 16.6. The van der Waals surface area contributed by atoms with Crippen LogP contribution in [0.3, 0.4) is 0 Å². The summed E-state index contributed by atoms with van der Waals surface area (Å²) in [5, 5.41) is 11.3. The fourth-order valence-corrected chi connectivity index (χ4v) is 3.22. The van der Waals surface area contributed by atoms with Crippen LogP contribution < -0.4 is 16.8 Å². The number of rotatable bonds is 11. The van der Waals surface area contributed by atoms with Crippen molar-refractivity contribution in [2.75, 3.05) is 20.2 Å². The highest BCUT2D eigenvalue weighted by Crippen LogP contribution is 2.17. The van der Waals surface area contributed by atoms with E-state index in [9.17, 15) is 14.4 Å². The zero-order valence-corrected chi connectivity index (χ0v) is 20.5. The summed E-state index contributed by atoms with van der Waals surface area (Å²) in [4.78, 5) is 36.8. The number of hydrogen-bond donors (Lipinski definition) is 3. The molecule has 3 rings (SSSR count). The van der Waals surface area contributed by atoms with Crippen LogP contribution in [0.4, 0.5) is 4.79 Å². The van der Waals surface area contributed by atoms with E-state index in [-0.39, 0.29) is 33.1 Å². The SMILES string of the molecule is C.CN(CC(N)=O)C(=O)OCc1ccc2nnc([C@@H](COCc3ccccc3)NC(=O)C(C)(C)N)n2c1. The van der Waals surface area contributed by atoms with E-state index >= 15 is 0 Å². The van der Waals surface area contributed by atoms with Gasteiger partial charge < -0.3 is 31.2 Å². The minimum atomic E-state index is -1.12. The number of hydrogen-bond acceptors (Lipinski definition) is 8. The summed E-state index contributed by atoms with van der Waals surface area (Å²) in [5.74, 6) is -0.599. The van der Waals surface area contributed by atoms with E-state index in [4.69, 9.17) is 20.9 Å². The summed E-state index contributed by atoms with van der Waals surface area (Å²) in [7, 11) is 1.41. The third-order valence-electron chi connectivity index (χ3n) is 5.16. The molecule has 0 aliphatic heterocycles. The molecular formula is C25H35N7O5. The molecule has 0 bridgehead atoms. The van der Waals surface area contributed by atoms with Gasteiger partial charge in [-0.1, -0.05) is 43.8 Å². The molecule has 0 spiro atoms. The number of likely N-dealkylation sites (N-methyl/N-ethyl adjacent to an activating group) is 1. The lowest BCUT2D eigenvalue weighted by molar-refractivity contribution is -0.126. The molecule has 0 unspecified atom stereocenters. The first-order chi connectivity index (χ1) is 17.0. The molecular weight excluding hydrogens is 478 g/mol. The van der Waals surface area contributed by atoms with Crippen LogP contribution in [0.5, 0.6) is 0 Å². The van der Waals surface area contributed by atoms with E-state index in [1.165, 1.54) is 7.05 Å². The molecule has 0 radical (unpaired) electrons. The molecule has 37 heavy (non-hydrogen) atoms. The van der Waals surface area contributed by atoms with Gasteiger partial charge in [-0.05, 0) is 25.5 Å². The van der Waals surface area contributed by atoms with Crippen LogP contribution >= 0.6 is 0 Å². The van der Waals surface area contributed by atoms with Crippen LogP contribution in [0.2, 0.25) is 0 Å². The van der Waals surface area contributed by atoms with Gasteiger partial charge in [-0.15, -0.1) is 10.2 Å².